The standard InChI is InChI=1S/C42H47ClF3N7O6/c43-33-23-27(22-32(37(33)47)42(44,45)46)24-35(59-41(57)53-14-10-28(11-15-53)31-25-29-6-2-3-7-34(29)49-38(31)54)39(55)52-18-16-51(17-19-52)36-9-8-30(26-48-36)40(56)58-21-20-50-12-4-1-5-13-50/h2-3,6-9,22-23,25-26,28,35H,1,4-5,10-21,24,47H2,(H,49,54)/t35-/m1/s1. The lowest BCUT2D eigenvalue weighted by atomic mass is 9.89. The summed E-state index contributed by atoms with van der Waals surface area (Å²) >= 11 is 6.12. The van der Waals surface area contributed by atoms with Gasteiger partial charge < -0.3 is 34.9 Å². The zero-order valence-electron chi connectivity index (χ0n) is 32.5. The second-order valence-corrected chi connectivity index (χ2v) is 15.7. The van der Waals surface area contributed by atoms with Crippen LogP contribution in [-0.2, 0) is 26.9 Å². The van der Waals surface area contributed by atoms with Crippen molar-refractivity contribution >= 4 is 52.0 Å². The van der Waals surface area contributed by atoms with Gasteiger partial charge in [-0.25, -0.2) is 14.6 Å². The average Bonchev–Trinajstić information content (AvgIpc) is 3.24. The topological polar surface area (TPSA) is 154 Å². The number of rotatable bonds is 10. The van der Waals surface area contributed by atoms with E-state index in [1.165, 1.54) is 28.5 Å². The fourth-order valence-corrected chi connectivity index (χ4v) is 8.29. The summed E-state index contributed by atoms with van der Waals surface area (Å²) in [6.07, 6.45) is -1.54. The quantitative estimate of drug-likeness (QED) is 0.142. The molecule has 5 heterocycles. The number of nitrogens with zero attached hydrogens (tertiary/aromatic N) is 5. The molecule has 3 N–H and O–H groups in total. The Morgan fingerprint density at radius 3 is 2.34 bits per heavy atom. The first-order valence-electron chi connectivity index (χ1n) is 20.0. The molecule has 0 aliphatic carbocycles. The van der Waals surface area contributed by atoms with Crippen LogP contribution in [0.2, 0.25) is 5.02 Å². The minimum atomic E-state index is -4.81. The summed E-state index contributed by atoms with van der Waals surface area (Å²) in [5.74, 6) is -0.554. The molecule has 0 radical (unpaired) electrons. The van der Waals surface area contributed by atoms with Gasteiger partial charge >= 0.3 is 18.2 Å². The van der Waals surface area contributed by atoms with E-state index in [2.05, 4.69) is 14.9 Å². The molecule has 13 nitrogen and oxygen atoms in total. The molecule has 3 aliphatic heterocycles. The molecule has 314 valence electrons. The van der Waals surface area contributed by atoms with Gasteiger partial charge in [-0.1, -0.05) is 36.2 Å². The maximum absolute atomic E-state index is 14.1. The largest absolute Gasteiger partial charge is 0.461 e. The number of aromatic nitrogens is 2. The number of hydrogen-bond donors (Lipinski definition) is 2. The number of halogens is 4. The van der Waals surface area contributed by atoms with Crippen molar-refractivity contribution in [2.24, 2.45) is 0 Å². The second-order valence-electron chi connectivity index (χ2n) is 15.3. The summed E-state index contributed by atoms with van der Waals surface area (Å²) in [5, 5.41) is 0.559. The van der Waals surface area contributed by atoms with Crippen molar-refractivity contribution in [3.8, 4) is 0 Å². The predicted molar refractivity (Wildman–Crippen MR) is 217 cm³/mol. The summed E-state index contributed by atoms with van der Waals surface area (Å²) < 4.78 is 53.0. The number of H-pyrrole nitrogens is 1. The summed E-state index contributed by atoms with van der Waals surface area (Å²) in [5.41, 5.74) is 5.38. The fourth-order valence-electron chi connectivity index (χ4n) is 8.04. The number of para-hydroxylation sites is 1. The number of esters is 1. The van der Waals surface area contributed by atoms with E-state index in [4.69, 9.17) is 26.8 Å². The minimum absolute atomic E-state index is 0.0184. The smallest absolute Gasteiger partial charge is 0.418 e. The van der Waals surface area contributed by atoms with Crippen LogP contribution in [0.15, 0.2) is 65.6 Å². The second kappa shape index (κ2) is 18.3. The Balaban J connectivity index is 0.991. The summed E-state index contributed by atoms with van der Waals surface area (Å²) in [6, 6.07) is 14.8. The van der Waals surface area contributed by atoms with Crippen LogP contribution in [0, 0.1) is 0 Å². The molecule has 2 amide bonds. The molecule has 3 fully saturated rings. The van der Waals surface area contributed by atoms with Crippen molar-refractivity contribution in [1.29, 1.82) is 0 Å². The number of aromatic amines is 1. The third-order valence-corrected chi connectivity index (χ3v) is 11.7. The highest BCUT2D eigenvalue weighted by atomic mass is 35.5. The van der Waals surface area contributed by atoms with E-state index < -0.39 is 41.5 Å². The van der Waals surface area contributed by atoms with E-state index in [0.717, 1.165) is 42.9 Å². The number of likely N-dealkylation sites (tertiary alicyclic amines) is 2. The normalized spacial score (nSPS) is 17.5. The van der Waals surface area contributed by atoms with Gasteiger partial charge in [-0.3, -0.25) is 14.5 Å². The zero-order valence-corrected chi connectivity index (χ0v) is 33.3. The number of nitrogens with one attached hydrogen (secondary N) is 1. The highest BCUT2D eigenvalue weighted by molar-refractivity contribution is 6.33. The summed E-state index contributed by atoms with van der Waals surface area (Å²) in [6.45, 7) is 4.61. The molecule has 0 saturated carbocycles. The lowest BCUT2D eigenvalue weighted by Gasteiger charge is -2.37. The molecule has 3 aliphatic rings. The van der Waals surface area contributed by atoms with Gasteiger partial charge in [0.05, 0.1) is 21.8 Å². The molecule has 3 saturated heterocycles. The van der Waals surface area contributed by atoms with E-state index in [1.54, 1.807) is 12.1 Å². The zero-order chi connectivity index (χ0) is 41.7. The highest BCUT2D eigenvalue weighted by Gasteiger charge is 2.37. The number of alkyl halides is 3. The number of piperazine rings is 1. The van der Waals surface area contributed by atoms with Crippen molar-refractivity contribution in [1.82, 2.24) is 24.7 Å². The molecule has 17 heteroatoms. The number of carbonyl (C=O) groups is 3. The molecule has 1 atom stereocenters. The van der Waals surface area contributed by atoms with Crippen LogP contribution in [-0.4, -0.2) is 114 Å². The third kappa shape index (κ3) is 10.1. The molecule has 7 rings (SSSR count). The van der Waals surface area contributed by atoms with Crippen LogP contribution in [0.1, 0.15) is 65.1 Å². The van der Waals surface area contributed by atoms with Crippen LogP contribution < -0.4 is 16.2 Å². The number of nitrogens with two attached hydrogens (primary N) is 1. The highest BCUT2D eigenvalue weighted by Crippen LogP contribution is 2.38. The number of ether oxygens (including phenoxy) is 2. The van der Waals surface area contributed by atoms with Gasteiger partial charge in [-0.05, 0) is 92.0 Å². The van der Waals surface area contributed by atoms with Gasteiger partial charge in [0.2, 0.25) is 0 Å². The van der Waals surface area contributed by atoms with Crippen LogP contribution in [0.5, 0.6) is 0 Å². The van der Waals surface area contributed by atoms with Crippen molar-refractivity contribution in [2.45, 2.75) is 56.7 Å². The number of amides is 2. The Morgan fingerprint density at radius 1 is 0.915 bits per heavy atom. The molecule has 0 bridgehead atoms. The van der Waals surface area contributed by atoms with Gasteiger partial charge in [-0.2, -0.15) is 13.2 Å². The number of anilines is 2. The number of pyridine rings is 2. The molecule has 0 spiro atoms. The Kier molecular flexibility index (Phi) is 13.0. The number of fused-ring (bicyclic) bond motifs is 1. The van der Waals surface area contributed by atoms with E-state index in [0.29, 0.717) is 56.0 Å². The fraction of sp³-hybridized carbons (Fsp3) is 0.452. The lowest BCUT2D eigenvalue weighted by molar-refractivity contribution is -0.141. The Bertz CT molecular complexity index is 2200. The first kappa shape index (κ1) is 41.8. The van der Waals surface area contributed by atoms with Gasteiger partial charge in [-0.15, -0.1) is 0 Å². The molecule has 2 aromatic heterocycles. The van der Waals surface area contributed by atoms with E-state index in [9.17, 15) is 32.3 Å². The SMILES string of the molecule is Nc1c(Cl)cc(C[C@@H](OC(=O)N2CCC(c3cc4ccccc4[nH]c3=O)CC2)C(=O)N2CCN(c3ccc(C(=O)OCCN4CCCCC4)cn3)CC2)cc1C(F)(F)F. The maximum atomic E-state index is 14.1. The number of nitrogen functional groups attached to an aromatic ring is 1. The number of benzene rings is 2. The molecular weight excluding hydrogens is 791 g/mol. The van der Waals surface area contributed by atoms with Gasteiger partial charge in [0.25, 0.3) is 11.5 Å². The van der Waals surface area contributed by atoms with Crippen molar-refractivity contribution < 1.29 is 37.0 Å². The lowest BCUT2D eigenvalue weighted by Crippen LogP contribution is -2.53. The van der Waals surface area contributed by atoms with Gasteiger partial charge in [0, 0.05) is 69.5 Å². The monoisotopic (exact) mass is 837 g/mol. The van der Waals surface area contributed by atoms with Crippen LogP contribution in [0.25, 0.3) is 10.9 Å². The maximum Gasteiger partial charge on any atom is 0.418 e. The molecule has 4 aromatic rings. The molecule has 2 aromatic carbocycles. The average molecular weight is 838 g/mol. The Hall–Kier alpha value is -5.35. The van der Waals surface area contributed by atoms with E-state index in [1.807, 2.05) is 35.2 Å². The van der Waals surface area contributed by atoms with Gasteiger partial charge in [0.1, 0.15) is 12.4 Å². The Morgan fingerprint density at radius 2 is 1.64 bits per heavy atom. The van der Waals surface area contributed by atoms with Crippen LogP contribution >= 0.6 is 11.6 Å². The van der Waals surface area contributed by atoms with Crippen molar-refractivity contribution in [2.75, 3.05) is 76.1 Å². The summed E-state index contributed by atoms with van der Waals surface area (Å²) in [7, 11) is 0. The molecular formula is C42H47ClF3N7O6. The van der Waals surface area contributed by atoms with Crippen LogP contribution in [0.3, 0.4) is 0 Å². The third-order valence-electron chi connectivity index (χ3n) is 11.4. The minimum Gasteiger partial charge on any atom is -0.461 e. The summed E-state index contributed by atoms with van der Waals surface area (Å²) in [4.78, 5) is 67.9. The number of piperidine rings is 2. The van der Waals surface area contributed by atoms with Crippen molar-refractivity contribution in [3.63, 3.8) is 0 Å². The number of carbonyl (C=O) groups excluding carboxylic acids is 3. The first-order valence-corrected chi connectivity index (χ1v) is 20.3. The molecule has 59 heavy (non-hydrogen) atoms. The van der Waals surface area contributed by atoms with E-state index >= 15 is 0 Å². The van der Waals surface area contributed by atoms with E-state index in [-0.39, 0.29) is 54.7 Å². The number of hydrogen-bond acceptors (Lipinski definition) is 10. The molecule has 0 unspecified atom stereocenters. The van der Waals surface area contributed by atoms with Crippen molar-refractivity contribution in [3.05, 3.63) is 98.4 Å². The Labute approximate surface area is 344 Å². The van der Waals surface area contributed by atoms with Crippen LogP contribution in [0.4, 0.5) is 29.5 Å². The van der Waals surface area contributed by atoms with Gasteiger partial charge in [0.15, 0.2) is 6.10 Å². The predicted octanol–water partition coefficient (Wildman–Crippen LogP) is 6.10. The first-order chi connectivity index (χ1) is 28.3.